The second kappa shape index (κ2) is 6.21. The lowest BCUT2D eigenvalue weighted by molar-refractivity contribution is 0.199. The lowest BCUT2D eigenvalue weighted by Gasteiger charge is -2.02. The Bertz CT molecular complexity index is 641. The maximum atomic E-state index is 5.01. The molecule has 3 rings (SSSR count). The van der Waals surface area contributed by atoms with Crippen LogP contribution in [0.15, 0.2) is 36.2 Å². The highest BCUT2D eigenvalue weighted by Gasteiger charge is 2.04. The standard InChI is InChI=1S/C14H18N4OS/c1-19-6-3-15-8-12-2-4-17(9-12)10-13-11-18-5-7-20-14(18)16-13/h2,4-5,7,9,11,15H,3,6,8,10H2,1H3. The Labute approximate surface area is 121 Å². The van der Waals surface area contributed by atoms with E-state index < -0.39 is 0 Å². The van der Waals surface area contributed by atoms with E-state index in [-0.39, 0.29) is 0 Å². The van der Waals surface area contributed by atoms with E-state index in [1.54, 1.807) is 18.4 Å². The third kappa shape index (κ3) is 3.09. The van der Waals surface area contributed by atoms with Gasteiger partial charge in [0.2, 0.25) is 0 Å². The Morgan fingerprint density at radius 3 is 3.15 bits per heavy atom. The third-order valence-corrected chi connectivity index (χ3v) is 3.88. The fourth-order valence-electron chi connectivity index (χ4n) is 2.14. The monoisotopic (exact) mass is 290 g/mol. The number of hydrogen-bond donors (Lipinski definition) is 1. The van der Waals surface area contributed by atoms with Crippen molar-refractivity contribution in [3.63, 3.8) is 0 Å². The first-order chi connectivity index (χ1) is 9.85. The molecule has 0 aliphatic heterocycles. The zero-order chi connectivity index (χ0) is 13.8. The van der Waals surface area contributed by atoms with Crippen LogP contribution in [-0.4, -0.2) is 34.2 Å². The number of thiazole rings is 1. The highest BCUT2D eigenvalue weighted by atomic mass is 32.1. The molecule has 0 aromatic carbocycles. The van der Waals surface area contributed by atoms with Crippen LogP contribution in [0.2, 0.25) is 0 Å². The van der Waals surface area contributed by atoms with Crippen molar-refractivity contribution in [2.45, 2.75) is 13.1 Å². The van der Waals surface area contributed by atoms with Gasteiger partial charge < -0.3 is 14.6 Å². The predicted octanol–water partition coefficient (Wildman–Crippen LogP) is 1.98. The molecule has 0 spiro atoms. The van der Waals surface area contributed by atoms with Gasteiger partial charge in [-0.25, -0.2) is 4.98 Å². The quantitative estimate of drug-likeness (QED) is 0.677. The molecule has 0 fully saturated rings. The molecule has 0 amide bonds. The van der Waals surface area contributed by atoms with Gasteiger partial charge in [-0.15, -0.1) is 11.3 Å². The maximum absolute atomic E-state index is 5.01. The second-order valence-corrected chi connectivity index (χ2v) is 5.56. The highest BCUT2D eigenvalue weighted by molar-refractivity contribution is 7.15. The average molecular weight is 290 g/mol. The van der Waals surface area contributed by atoms with Crippen molar-refractivity contribution in [1.82, 2.24) is 19.3 Å². The summed E-state index contributed by atoms with van der Waals surface area (Å²) in [6, 6.07) is 2.14. The Morgan fingerprint density at radius 1 is 1.35 bits per heavy atom. The smallest absolute Gasteiger partial charge is 0.193 e. The molecule has 0 bridgehead atoms. The summed E-state index contributed by atoms with van der Waals surface area (Å²) in [5, 5.41) is 5.39. The zero-order valence-corrected chi connectivity index (χ0v) is 12.3. The summed E-state index contributed by atoms with van der Waals surface area (Å²) < 4.78 is 9.24. The van der Waals surface area contributed by atoms with Crippen molar-refractivity contribution >= 4 is 16.3 Å². The molecule has 3 aromatic rings. The van der Waals surface area contributed by atoms with Gasteiger partial charge in [-0.05, 0) is 11.6 Å². The summed E-state index contributed by atoms with van der Waals surface area (Å²) >= 11 is 1.66. The molecule has 20 heavy (non-hydrogen) atoms. The van der Waals surface area contributed by atoms with Crippen molar-refractivity contribution in [2.24, 2.45) is 0 Å². The Morgan fingerprint density at radius 2 is 2.30 bits per heavy atom. The molecule has 0 unspecified atom stereocenters. The van der Waals surface area contributed by atoms with E-state index in [2.05, 4.69) is 43.9 Å². The van der Waals surface area contributed by atoms with Gasteiger partial charge in [-0.3, -0.25) is 4.40 Å². The molecule has 0 saturated carbocycles. The van der Waals surface area contributed by atoms with Gasteiger partial charge in [0, 0.05) is 50.4 Å². The number of ether oxygens (including phenoxy) is 1. The first-order valence-electron chi connectivity index (χ1n) is 6.60. The summed E-state index contributed by atoms with van der Waals surface area (Å²) in [4.78, 5) is 5.64. The van der Waals surface area contributed by atoms with Crippen LogP contribution in [0.1, 0.15) is 11.3 Å². The van der Waals surface area contributed by atoms with Crippen molar-refractivity contribution in [3.05, 3.63) is 47.5 Å². The summed E-state index contributed by atoms with van der Waals surface area (Å²) in [6.45, 7) is 3.30. The lowest BCUT2D eigenvalue weighted by atomic mass is 10.3. The number of imidazole rings is 1. The molecule has 3 aromatic heterocycles. The third-order valence-electron chi connectivity index (χ3n) is 3.11. The minimum Gasteiger partial charge on any atom is -0.383 e. The number of rotatable bonds is 7. The van der Waals surface area contributed by atoms with Crippen LogP contribution >= 0.6 is 11.3 Å². The van der Waals surface area contributed by atoms with E-state index in [4.69, 9.17) is 4.74 Å². The largest absolute Gasteiger partial charge is 0.383 e. The molecule has 106 valence electrons. The first-order valence-corrected chi connectivity index (χ1v) is 7.48. The maximum Gasteiger partial charge on any atom is 0.193 e. The van der Waals surface area contributed by atoms with Crippen LogP contribution in [0.4, 0.5) is 0 Å². The van der Waals surface area contributed by atoms with Crippen LogP contribution in [0, 0.1) is 0 Å². The summed E-state index contributed by atoms with van der Waals surface area (Å²) in [5.74, 6) is 0. The van der Waals surface area contributed by atoms with Gasteiger partial charge >= 0.3 is 0 Å². The molecule has 0 aliphatic carbocycles. The van der Waals surface area contributed by atoms with Gasteiger partial charge in [0.05, 0.1) is 18.8 Å². The Balaban J connectivity index is 1.57. The molecule has 6 heteroatoms. The Kier molecular flexibility index (Phi) is 4.15. The predicted molar refractivity (Wildman–Crippen MR) is 80.2 cm³/mol. The lowest BCUT2D eigenvalue weighted by Crippen LogP contribution is -2.18. The number of methoxy groups -OCH3 is 1. The minimum atomic E-state index is 0.742. The highest BCUT2D eigenvalue weighted by Crippen LogP contribution is 2.12. The van der Waals surface area contributed by atoms with Gasteiger partial charge in [0.15, 0.2) is 4.96 Å². The normalized spacial score (nSPS) is 11.4. The molecule has 5 nitrogen and oxygen atoms in total. The van der Waals surface area contributed by atoms with Gasteiger partial charge in [-0.2, -0.15) is 0 Å². The van der Waals surface area contributed by atoms with E-state index in [9.17, 15) is 0 Å². The zero-order valence-electron chi connectivity index (χ0n) is 11.5. The molecule has 0 aliphatic rings. The van der Waals surface area contributed by atoms with Crippen LogP contribution in [-0.2, 0) is 17.8 Å². The summed E-state index contributed by atoms with van der Waals surface area (Å²) in [5.41, 5.74) is 2.37. The van der Waals surface area contributed by atoms with E-state index in [1.165, 1.54) is 5.56 Å². The van der Waals surface area contributed by atoms with Gasteiger partial charge in [0.25, 0.3) is 0 Å². The van der Waals surface area contributed by atoms with Crippen molar-refractivity contribution in [3.8, 4) is 0 Å². The number of nitrogens with zero attached hydrogens (tertiary/aromatic N) is 3. The number of nitrogens with one attached hydrogen (secondary N) is 1. The van der Waals surface area contributed by atoms with E-state index in [0.29, 0.717) is 0 Å². The van der Waals surface area contributed by atoms with Crippen LogP contribution < -0.4 is 5.32 Å². The van der Waals surface area contributed by atoms with Crippen LogP contribution in [0.25, 0.3) is 4.96 Å². The van der Waals surface area contributed by atoms with Gasteiger partial charge in [0.1, 0.15) is 0 Å². The van der Waals surface area contributed by atoms with Gasteiger partial charge in [-0.1, -0.05) is 0 Å². The molecule has 1 N–H and O–H groups in total. The van der Waals surface area contributed by atoms with Crippen molar-refractivity contribution < 1.29 is 4.74 Å². The van der Waals surface area contributed by atoms with E-state index in [0.717, 1.165) is 36.9 Å². The molecule has 3 heterocycles. The van der Waals surface area contributed by atoms with Crippen molar-refractivity contribution in [1.29, 1.82) is 0 Å². The Hall–Kier alpha value is -1.63. The van der Waals surface area contributed by atoms with E-state index in [1.807, 2.05) is 11.6 Å². The topological polar surface area (TPSA) is 43.5 Å². The molecule has 0 saturated heterocycles. The van der Waals surface area contributed by atoms with Crippen LogP contribution in [0.3, 0.4) is 0 Å². The fraction of sp³-hybridized carbons (Fsp3) is 0.357. The molecule has 0 atom stereocenters. The second-order valence-electron chi connectivity index (χ2n) is 4.69. The summed E-state index contributed by atoms with van der Waals surface area (Å²) in [6.07, 6.45) is 8.38. The first kappa shape index (κ1) is 13.4. The van der Waals surface area contributed by atoms with Crippen LogP contribution in [0.5, 0.6) is 0 Å². The van der Waals surface area contributed by atoms with E-state index >= 15 is 0 Å². The fourth-order valence-corrected chi connectivity index (χ4v) is 2.86. The summed E-state index contributed by atoms with van der Waals surface area (Å²) in [7, 11) is 1.72. The molecular formula is C14H18N4OS. The minimum absolute atomic E-state index is 0.742. The van der Waals surface area contributed by atoms with Crippen molar-refractivity contribution in [2.75, 3.05) is 20.3 Å². The number of fused-ring (bicyclic) bond motifs is 1. The number of hydrogen-bond acceptors (Lipinski definition) is 4. The average Bonchev–Trinajstić information content (AvgIpc) is 3.11. The number of aromatic nitrogens is 3. The SMILES string of the molecule is COCCNCc1ccn(Cc2cn3ccsc3n2)c1. The molecule has 0 radical (unpaired) electrons. The molecular weight excluding hydrogens is 272 g/mol.